The van der Waals surface area contributed by atoms with Crippen LogP contribution in [0, 0.1) is 6.92 Å². The van der Waals surface area contributed by atoms with Gasteiger partial charge in [-0.2, -0.15) is 0 Å². The van der Waals surface area contributed by atoms with Gasteiger partial charge in [0.25, 0.3) is 0 Å². The topological polar surface area (TPSA) is 95.6 Å². The molecule has 0 saturated carbocycles. The van der Waals surface area contributed by atoms with Crippen molar-refractivity contribution in [2.75, 3.05) is 11.9 Å². The first kappa shape index (κ1) is 28.4. The Morgan fingerprint density at radius 1 is 1.10 bits per heavy atom. The van der Waals surface area contributed by atoms with Crippen LogP contribution in [0.4, 0.5) is 10.5 Å². The number of hydrogen-bond donors (Lipinski definition) is 1. The monoisotopic (exact) mass is 595 g/mol. The molecule has 1 aliphatic heterocycles. The van der Waals surface area contributed by atoms with Crippen molar-refractivity contribution in [1.29, 1.82) is 0 Å². The quantitative estimate of drug-likeness (QED) is 0.208. The summed E-state index contributed by atoms with van der Waals surface area (Å²) in [6, 6.07) is 9.48. The molecule has 8 nitrogen and oxygen atoms in total. The van der Waals surface area contributed by atoms with Gasteiger partial charge in [0.1, 0.15) is 11.4 Å². The van der Waals surface area contributed by atoms with Gasteiger partial charge in [-0.3, -0.25) is 5.32 Å². The molecule has 2 heterocycles. The zero-order chi connectivity index (χ0) is 28.3. The van der Waals surface area contributed by atoms with E-state index in [0.29, 0.717) is 30.0 Å². The average Bonchev–Trinajstić information content (AvgIpc) is 3.32. The second-order valence-corrected chi connectivity index (χ2v) is 11.0. The lowest BCUT2D eigenvalue weighted by Crippen LogP contribution is -2.27. The number of halogens is 1. The van der Waals surface area contributed by atoms with E-state index in [0.717, 1.165) is 44.5 Å². The lowest BCUT2D eigenvalue weighted by Gasteiger charge is -2.21. The number of hydrogen-bond acceptors (Lipinski definition) is 6. The molecule has 9 heteroatoms. The van der Waals surface area contributed by atoms with Gasteiger partial charge in [0.2, 0.25) is 0 Å². The molecule has 0 saturated heterocycles. The fourth-order valence-electron chi connectivity index (χ4n) is 4.70. The predicted octanol–water partition coefficient (Wildman–Crippen LogP) is 7.84. The molecule has 4 rings (SSSR count). The Balaban J connectivity index is 1.90. The van der Waals surface area contributed by atoms with E-state index in [-0.39, 0.29) is 6.61 Å². The highest BCUT2D eigenvalue weighted by molar-refractivity contribution is 9.10. The summed E-state index contributed by atoms with van der Waals surface area (Å²) in [4.78, 5) is 30.5. The first-order chi connectivity index (χ1) is 18.6. The van der Waals surface area contributed by atoms with Gasteiger partial charge >= 0.3 is 12.1 Å². The van der Waals surface area contributed by atoms with Crippen molar-refractivity contribution >= 4 is 33.7 Å². The minimum Gasteiger partial charge on any atom is -0.472 e. The molecule has 2 aliphatic rings. The Morgan fingerprint density at radius 2 is 1.85 bits per heavy atom. The second kappa shape index (κ2) is 11.7. The maximum atomic E-state index is 13.0. The van der Waals surface area contributed by atoms with Crippen molar-refractivity contribution in [2.24, 2.45) is 0 Å². The van der Waals surface area contributed by atoms with Crippen molar-refractivity contribution in [1.82, 2.24) is 9.55 Å². The van der Waals surface area contributed by atoms with Gasteiger partial charge in [-0.1, -0.05) is 25.1 Å². The van der Waals surface area contributed by atoms with Crippen molar-refractivity contribution in [3.63, 3.8) is 0 Å². The molecule has 1 aromatic heterocycles. The van der Waals surface area contributed by atoms with Crippen LogP contribution in [-0.4, -0.2) is 33.8 Å². The molecule has 0 unspecified atom stereocenters. The third-order valence-electron chi connectivity index (χ3n) is 6.18. The van der Waals surface area contributed by atoms with E-state index in [2.05, 4.69) is 28.2 Å². The van der Waals surface area contributed by atoms with Crippen LogP contribution in [-0.2, 0) is 22.4 Å². The number of imidazole rings is 1. The molecule has 206 valence electrons. The highest BCUT2D eigenvalue weighted by atomic mass is 79.9. The standard InChI is InChI=1S/C30H34BrN3O5/c1-7-11-24-32-18(3)27(28(35)38-8-2)34(24)16-21-19-14-15-37-17-22(19)26(31)25(21)20-12-9-10-13-23(20)33-29(36)39-30(4,5)6/h9-10,12-15,17H,7-8,11,16H2,1-6H3,(H,33,36). The number of fused-ring (bicyclic) bond motifs is 1. The van der Waals surface area contributed by atoms with Crippen molar-refractivity contribution in [3.8, 4) is 22.3 Å². The molecule has 1 amide bonds. The first-order valence-corrected chi connectivity index (χ1v) is 13.8. The van der Waals surface area contributed by atoms with Crippen LogP contribution in [0.25, 0.3) is 22.3 Å². The zero-order valence-electron chi connectivity index (χ0n) is 23.2. The molecule has 0 spiro atoms. The fourth-order valence-corrected chi connectivity index (χ4v) is 5.46. The van der Waals surface area contributed by atoms with Gasteiger partial charge in [-0.05, 0) is 80.2 Å². The number of benzene rings is 1. The molecule has 0 bridgehead atoms. The van der Waals surface area contributed by atoms with Gasteiger partial charge in [0, 0.05) is 27.6 Å². The van der Waals surface area contributed by atoms with Gasteiger partial charge < -0.3 is 18.5 Å². The normalized spacial score (nSPS) is 11.6. The Morgan fingerprint density at radius 3 is 2.54 bits per heavy atom. The van der Waals surface area contributed by atoms with Crippen molar-refractivity contribution in [2.45, 2.75) is 66.5 Å². The number of carbonyl (C=O) groups excluding carboxylic acids is 2. The third kappa shape index (κ3) is 6.03. The molecule has 1 aromatic carbocycles. The SMILES string of the molecule is CCCc1nc(C)c(C(=O)OCC)n1Cc1c2ccocc-2c(Br)c1-c1ccccc1NC(=O)OC(C)(C)C. The number of nitrogens with zero attached hydrogens (tertiary/aromatic N) is 2. The molecular weight excluding hydrogens is 562 g/mol. The average molecular weight is 597 g/mol. The number of ether oxygens (including phenoxy) is 2. The predicted molar refractivity (Wildman–Crippen MR) is 154 cm³/mol. The molecule has 0 atom stereocenters. The molecule has 2 aromatic rings. The number of anilines is 1. The Bertz CT molecular complexity index is 1460. The first-order valence-electron chi connectivity index (χ1n) is 13.0. The molecule has 0 fully saturated rings. The summed E-state index contributed by atoms with van der Waals surface area (Å²) >= 11 is 3.81. The van der Waals surface area contributed by atoms with Gasteiger partial charge in [-0.25, -0.2) is 14.6 Å². The summed E-state index contributed by atoms with van der Waals surface area (Å²) in [5.74, 6) is 0.415. The molecular formula is C30H34BrN3O5. The van der Waals surface area contributed by atoms with E-state index in [1.807, 2.05) is 62.6 Å². The lowest BCUT2D eigenvalue weighted by atomic mass is 10.0. The lowest BCUT2D eigenvalue weighted by molar-refractivity contribution is 0.0512. The van der Waals surface area contributed by atoms with Crippen LogP contribution >= 0.6 is 15.9 Å². The Kier molecular flexibility index (Phi) is 8.49. The third-order valence-corrected chi connectivity index (χ3v) is 7.01. The van der Waals surface area contributed by atoms with Gasteiger partial charge in [0.05, 0.1) is 37.1 Å². The maximum Gasteiger partial charge on any atom is 0.412 e. The van der Waals surface area contributed by atoms with E-state index >= 15 is 0 Å². The Labute approximate surface area is 237 Å². The number of carbonyl (C=O) groups is 2. The van der Waals surface area contributed by atoms with E-state index in [4.69, 9.17) is 18.9 Å². The number of rotatable bonds is 8. The van der Waals surface area contributed by atoms with E-state index in [1.54, 1.807) is 19.5 Å². The van der Waals surface area contributed by atoms with Crippen LogP contribution in [0.1, 0.15) is 68.6 Å². The molecule has 39 heavy (non-hydrogen) atoms. The summed E-state index contributed by atoms with van der Waals surface area (Å²) in [7, 11) is 0. The number of nitrogens with one attached hydrogen (secondary N) is 1. The number of aryl methyl sites for hydroxylation is 2. The summed E-state index contributed by atoms with van der Waals surface area (Å²) < 4.78 is 19.2. The smallest absolute Gasteiger partial charge is 0.412 e. The van der Waals surface area contributed by atoms with E-state index < -0.39 is 17.7 Å². The number of para-hydroxylation sites is 1. The summed E-state index contributed by atoms with van der Waals surface area (Å²) in [5.41, 5.74) is 5.50. The van der Waals surface area contributed by atoms with Crippen LogP contribution < -0.4 is 5.32 Å². The number of amides is 1. The van der Waals surface area contributed by atoms with E-state index in [9.17, 15) is 9.59 Å². The van der Waals surface area contributed by atoms with Crippen LogP contribution in [0.15, 0.2) is 51.7 Å². The van der Waals surface area contributed by atoms with Crippen molar-refractivity contribution < 1.29 is 23.5 Å². The highest BCUT2D eigenvalue weighted by Gasteiger charge is 2.29. The van der Waals surface area contributed by atoms with Crippen molar-refractivity contribution in [3.05, 3.63) is 70.1 Å². The van der Waals surface area contributed by atoms with Gasteiger partial charge in [0.15, 0.2) is 5.69 Å². The summed E-state index contributed by atoms with van der Waals surface area (Å²) in [6.07, 6.45) is 4.36. The summed E-state index contributed by atoms with van der Waals surface area (Å²) in [6.45, 7) is 11.8. The Hall–Kier alpha value is -3.59. The zero-order valence-corrected chi connectivity index (χ0v) is 24.8. The minimum absolute atomic E-state index is 0.272. The molecule has 1 aliphatic carbocycles. The minimum atomic E-state index is -0.639. The second-order valence-electron chi connectivity index (χ2n) is 10.2. The number of esters is 1. The van der Waals surface area contributed by atoms with Crippen LogP contribution in [0.2, 0.25) is 0 Å². The van der Waals surface area contributed by atoms with Gasteiger partial charge in [-0.15, -0.1) is 0 Å². The molecule has 0 radical (unpaired) electrons. The van der Waals surface area contributed by atoms with Crippen LogP contribution in [0.3, 0.4) is 0 Å². The number of aromatic nitrogens is 2. The highest BCUT2D eigenvalue weighted by Crippen LogP contribution is 2.48. The molecule has 1 N–H and O–H groups in total. The summed E-state index contributed by atoms with van der Waals surface area (Å²) in [5, 5.41) is 2.91. The fraction of sp³-hybridized carbons (Fsp3) is 0.367. The largest absolute Gasteiger partial charge is 0.472 e. The van der Waals surface area contributed by atoms with Crippen LogP contribution in [0.5, 0.6) is 0 Å². The van der Waals surface area contributed by atoms with E-state index in [1.165, 1.54) is 0 Å². The maximum absolute atomic E-state index is 13.0.